The molecule has 60 valence electrons. The average molecular weight is 147 g/mol. The van der Waals surface area contributed by atoms with Crippen molar-refractivity contribution in [1.29, 1.82) is 0 Å². The number of carboxylic acids is 1. The van der Waals surface area contributed by atoms with Crippen molar-refractivity contribution < 1.29 is 14.6 Å². The molecular weight excluding hydrogens is 134 g/mol. The third-order valence-corrected chi connectivity index (χ3v) is 1.07. The fourth-order valence-corrected chi connectivity index (χ4v) is 0.409. The minimum absolute atomic E-state index is 0.434. The van der Waals surface area contributed by atoms with Crippen molar-refractivity contribution in [3.63, 3.8) is 0 Å². The molecule has 0 heterocycles. The van der Waals surface area contributed by atoms with Gasteiger partial charge in [0.25, 0.3) is 0 Å². The summed E-state index contributed by atoms with van der Waals surface area (Å²) in [7, 11) is 1.79. The monoisotopic (exact) mass is 147 g/mol. The van der Waals surface area contributed by atoms with Crippen LogP contribution in [0, 0.1) is 0 Å². The van der Waals surface area contributed by atoms with Crippen molar-refractivity contribution in [1.82, 2.24) is 5.32 Å². The van der Waals surface area contributed by atoms with E-state index >= 15 is 0 Å². The minimum Gasteiger partial charge on any atom is -0.479 e. The molecule has 2 N–H and O–H groups in total. The van der Waals surface area contributed by atoms with Gasteiger partial charge in [0.1, 0.15) is 0 Å². The Balaban J connectivity index is 3.21. The van der Waals surface area contributed by atoms with E-state index in [1.807, 2.05) is 0 Å². The molecule has 0 aromatic carbocycles. The quantitative estimate of drug-likeness (QED) is 0.524. The summed E-state index contributed by atoms with van der Waals surface area (Å²) in [4.78, 5) is 10.1. The summed E-state index contributed by atoms with van der Waals surface area (Å²) in [5.41, 5.74) is 0. The number of aliphatic carboxylic acids is 1. The normalized spacial score (nSPS) is 13.0. The van der Waals surface area contributed by atoms with Gasteiger partial charge in [-0.05, 0) is 14.0 Å². The SMILES string of the molecule is CNCCOC(C)C(=O)O. The zero-order valence-corrected chi connectivity index (χ0v) is 6.26. The third kappa shape index (κ3) is 4.29. The maximum Gasteiger partial charge on any atom is 0.332 e. The fourth-order valence-electron chi connectivity index (χ4n) is 0.409. The highest BCUT2D eigenvalue weighted by Crippen LogP contribution is 1.87. The molecule has 1 unspecified atom stereocenters. The van der Waals surface area contributed by atoms with E-state index in [0.29, 0.717) is 13.2 Å². The second kappa shape index (κ2) is 5.20. The molecule has 0 bridgehead atoms. The second-order valence-corrected chi connectivity index (χ2v) is 1.95. The molecular formula is C6H13NO3. The molecule has 1 atom stereocenters. The summed E-state index contributed by atoms with van der Waals surface area (Å²) in [6.45, 7) is 2.62. The first-order chi connectivity index (χ1) is 4.68. The number of likely N-dealkylation sites (N-methyl/N-ethyl adjacent to an activating group) is 1. The number of nitrogens with one attached hydrogen (secondary N) is 1. The molecule has 0 spiro atoms. The highest BCUT2D eigenvalue weighted by Gasteiger charge is 2.09. The van der Waals surface area contributed by atoms with Crippen molar-refractivity contribution in [3.05, 3.63) is 0 Å². The predicted molar refractivity (Wildman–Crippen MR) is 37.0 cm³/mol. The zero-order valence-electron chi connectivity index (χ0n) is 6.26. The number of rotatable bonds is 5. The Bertz CT molecular complexity index is 105. The summed E-state index contributed by atoms with van der Waals surface area (Å²) in [5, 5.41) is 11.2. The first-order valence-corrected chi connectivity index (χ1v) is 3.17. The second-order valence-electron chi connectivity index (χ2n) is 1.95. The van der Waals surface area contributed by atoms with Crippen LogP contribution in [0.5, 0.6) is 0 Å². The van der Waals surface area contributed by atoms with Crippen LogP contribution in [-0.4, -0.2) is 37.4 Å². The fraction of sp³-hybridized carbons (Fsp3) is 0.833. The lowest BCUT2D eigenvalue weighted by Gasteiger charge is -2.06. The standard InChI is InChI=1S/C6H13NO3/c1-5(6(8)9)10-4-3-7-2/h5,7H,3-4H2,1-2H3,(H,8,9). The number of carbonyl (C=O) groups is 1. The molecule has 0 rings (SSSR count). The van der Waals surface area contributed by atoms with E-state index in [4.69, 9.17) is 9.84 Å². The molecule has 0 saturated carbocycles. The van der Waals surface area contributed by atoms with E-state index in [1.165, 1.54) is 6.92 Å². The summed E-state index contributed by atoms with van der Waals surface area (Å²) >= 11 is 0. The highest BCUT2D eigenvalue weighted by molar-refractivity contribution is 5.71. The van der Waals surface area contributed by atoms with Gasteiger partial charge >= 0.3 is 5.97 Å². The van der Waals surface area contributed by atoms with E-state index in [-0.39, 0.29) is 0 Å². The van der Waals surface area contributed by atoms with Gasteiger partial charge in [0.2, 0.25) is 0 Å². The largest absolute Gasteiger partial charge is 0.479 e. The molecule has 0 fully saturated rings. The molecule has 0 aliphatic heterocycles. The van der Waals surface area contributed by atoms with Crippen LogP contribution in [0.2, 0.25) is 0 Å². The number of ether oxygens (including phenoxy) is 1. The van der Waals surface area contributed by atoms with Crippen molar-refractivity contribution in [2.45, 2.75) is 13.0 Å². The Morgan fingerprint density at radius 1 is 1.80 bits per heavy atom. The van der Waals surface area contributed by atoms with E-state index in [9.17, 15) is 4.79 Å². The molecule has 10 heavy (non-hydrogen) atoms. The summed E-state index contributed by atoms with van der Waals surface area (Å²) < 4.78 is 4.88. The van der Waals surface area contributed by atoms with Crippen LogP contribution in [0.1, 0.15) is 6.92 Å². The first kappa shape index (κ1) is 9.39. The lowest BCUT2D eigenvalue weighted by atomic mass is 10.4. The smallest absolute Gasteiger partial charge is 0.332 e. The molecule has 0 radical (unpaired) electrons. The lowest BCUT2D eigenvalue weighted by molar-refractivity contribution is -0.148. The number of carboxylic acid groups (broad SMARTS) is 1. The summed E-state index contributed by atoms with van der Waals surface area (Å²) in [6.07, 6.45) is -0.701. The van der Waals surface area contributed by atoms with Crippen LogP contribution >= 0.6 is 0 Å². The maximum atomic E-state index is 10.1. The Labute approximate surface area is 60.2 Å². The van der Waals surface area contributed by atoms with E-state index in [1.54, 1.807) is 7.05 Å². The molecule has 0 amide bonds. The Kier molecular flexibility index (Phi) is 4.88. The molecule has 4 nitrogen and oxygen atoms in total. The van der Waals surface area contributed by atoms with Crippen molar-refractivity contribution >= 4 is 5.97 Å². The molecule has 4 heteroatoms. The van der Waals surface area contributed by atoms with Gasteiger partial charge in [0.05, 0.1) is 6.61 Å². The Hall–Kier alpha value is -0.610. The number of hydrogen-bond acceptors (Lipinski definition) is 3. The highest BCUT2D eigenvalue weighted by atomic mass is 16.5. The Morgan fingerprint density at radius 2 is 2.40 bits per heavy atom. The average Bonchev–Trinajstić information content (AvgIpc) is 1.88. The molecule has 0 aromatic rings. The van der Waals surface area contributed by atoms with Gasteiger partial charge in [0, 0.05) is 6.54 Å². The van der Waals surface area contributed by atoms with Gasteiger partial charge in [-0.2, -0.15) is 0 Å². The summed E-state index contributed by atoms with van der Waals surface area (Å²) in [6, 6.07) is 0. The molecule has 0 saturated heterocycles. The van der Waals surface area contributed by atoms with Crippen molar-refractivity contribution in [2.75, 3.05) is 20.2 Å². The molecule has 0 aliphatic rings. The van der Waals surface area contributed by atoms with Crippen LogP contribution < -0.4 is 5.32 Å². The van der Waals surface area contributed by atoms with Crippen LogP contribution in [0.3, 0.4) is 0 Å². The van der Waals surface area contributed by atoms with Gasteiger partial charge in [-0.15, -0.1) is 0 Å². The van der Waals surface area contributed by atoms with Crippen LogP contribution in [-0.2, 0) is 9.53 Å². The first-order valence-electron chi connectivity index (χ1n) is 3.17. The Morgan fingerprint density at radius 3 is 2.80 bits per heavy atom. The van der Waals surface area contributed by atoms with Crippen molar-refractivity contribution in [3.8, 4) is 0 Å². The minimum atomic E-state index is -0.920. The van der Waals surface area contributed by atoms with E-state index in [0.717, 1.165) is 0 Å². The predicted octanol–water partition coefficient (Wildman–Crippen LogP) is -0.305. The third-order valence-electron chi connectivity index (χ3n) is 1.07. The lowest BCUT2D eigenvalue weighted by Crippen LogP contribution is -2.24. The molecule has 0 aromatic heterocycles. The van der Waals surface area contributed by atoms with Crippen LogP contribution in [0.25, 0.3) is 0 Å². The van der Waals surface area contributed by atoms with Gasteiger partial charge < -0.3 is 15.2 Å². The summed E-state index contributed by atoms with van der Waals surface area (Å²) in [5.74, 6) is -0.920. The van der Waals surface area contributed by atoms with Gasteiger partial charge in [-0.3, -0.25) is 0 Å². The maximum absolute atomic E-state index is 10.1. The van der Waals surface area contributed by atoms with Crippen molar-refractivity contribution in [2.24, 2.45) is 0 Å². The van der Waals surface area contributed by atoms with Gasteiger partial charge in [0.15, 0.2) is 6.10 Å². The van der Waals surface area contributed by atoms with Gasteiger partial charge in [-0.1, -0.05) is 0 Å². The van der Waals surface area contributed by atoms with Crippen LogP contribution in [0.4, 0.5) is 0 Å². The van der Waals surface area contributed by atoms with Crippen LogP contribution in [0.15, 0.2) is 0 Å². The van der Waals surface area contributed by atoms with Gasteiger partial charge in [-0.25, -0.2) is 4.79 Å². The molecule has 0 aliphatic carbocycles. The topological polar surface area (TPSA) is 58.6 Å². The van der Waals surface area contributed by atoms with E-state index in [2.05, 4.69) is 5.32 Å². The number of hydrogen-bond donors (Lipinski definition) is 2. The zero-order chi connectivity index (χ0) is 7.98. The van der Waals surface area contributed by atoms with E-state index < -0.39 is 12.1 Å².